The third kappa shape index (κ3) is 2.94. The number of allylic oxidation sites excluding steroid dienone is 2. The van der Waals surface area contributed by atoms with Crippen LogP contribution in [0.3, 0.4) is 0 Å². The molecule has 25 heavy (non-hydrogen) atoms. The maximum Gasteiger partial charge on any atom is 0.338 e. The summed E-state index contributed by atoms with van der Waals surface area (Å²) in [6.45, 7) is 2.11. The van der Waals surface area contributed by atoms with E-state index in [1.165, 1.54) is 6.42 Å². The van der Waals surface area contributed by atoms with Crippen molar-refractivity contribution in [1.82, 2.24) is 0 Å². The standard InChI is InChI=1S/C22H26O3/c1-2-22(12-4-3-5-13-22)25-21(24)16-8-6-15(7-9-16)19-14-17-10-11-18(19)20(17)23/h6-11,17-19H,2-5,12-14H2,1H3. The monoisotopic (exact) mass is 338 g/mol. The van der Waals surface area contributed by atoms with Crippen LogP contribution in [0, 0.1) is 11.8 Å². The summed E-state index contributed by atoms with van der Waals surface area (Å²) in [5, 5.41) is 0. The Hall–Kier alpha value is -1.90. The normalized spacial score (nSPS) is 29.8. The molecular weight excluding hydrogens is 312 g/mol. The molecule has 0 saturated heterocycles. The Bertz CT molecular complexity index is 694. The van der Waals surface area contributed by atoms with Crippen LogP contribution in [0.2, 0.25) is 0 Å². The Morgan fingerprint density at radius 3 is 2.40 bits per heavy atom. The average Bonchev–Trinajstić information content (AvgIpc) is 3.17. The highest BCUT2D eigenvalue weighted by Gasteiger charge is 2.44. The van der Waals surface area contributed by atoms with Gasteiger partial charge in [-0.2, -0.15) is 0 Å². The smallest absolute Gasteiger partial charge is 0.338 e. The van der Waals surface area contributed by atoms with Gasteiger partial charge in [0.1, 0.15) is 11.4 Å². The average molecular weight is 338 g/mol. The van der Waals surface area contributed by atoms with E-state index in [0.717, 1.165) is 44.1 Å². The van der Waals surface area contributed by atoms with Crippen molar-refractivity contribution in [3.8, 4) is 0 Å². The summed E-state index contributed by atoms with van der Waals surface area (Å²) in [7, 11) is 0. The molecule has 0 aliphatic heterocycles. The summed E-state index contributed by atoms with van der Waals surface area (Å²) >= 11 is 0. The number of benzene rings is 1. The minimum atomic E-state index is -0.268. The lowest BCUT2D eigenvalue weighted by atomic mass is 9.82. The molecule has 0 heterocycles. The van der Waals surface area contributed by atoms with Crippen molar-refractivity contribution in [2.45, 2.75) is 63.4 Å². The molecule has 0 radical (unpaired) electrons. The molecule has 0 spiro atoms. The number of fused-ring (bicyclic) bond motifs is 2. The summed E-state index contributed by atoms with van der Waals surface area (Å²) in [6, 6.07) is 7.74. The molecule has 2 fully saturated rings. The lowest BCUT2D eigenvalue weighted by Gasteiger charge is -2.36. The molecule has 3 aliphatic rings. The van der Waals surface area contributed by atoms with Gasteiger partial charge in [-0.3, -0.25) is 4.79 Å². The first-order chi connectivity index (χ1) is 12.1. The first-order valence-corrected chi connectivity index (χ1v) is 9.67. The van der Waals surface area contributed by atoms with E-state index >= 15 is 0 Å². The molecule has 0 N–H and O–H groups in total. The predicted octanol–water partition coefficient (Wildman–Crippen LogP) is 4.81. The highest BCUT2D eigenvalue weighted by molar-refractivity contribution is 5.93. The number of esters is 1. The number of rotatable bonds is 4. The van der Waals surface area contributed by atoms with Gasteiger partial charge in [0.2, 0.25) is 0 Å². The molecule has 1 aromatic carbocycles. The molecule has 0 aromatic heterocycles. The van der Waals surface area contributed by atoms with Gasteiger partial charge in [0.25, 0.3) is 0 Å². The van der Waals surface area contributed by atoms with E-state index in [1.807, 2.05) is 30.3 Å². The molecule has 2 bridgehead atoms. The fraction of sp³-hybridized carbons (Fsp3) is 0.545. The first kappa shape index (κ1) is 16.6. The molecule has 2 saturated carbocycles. The van der Waals surface area contributed by atoms with Gasteiger partial charge in [0.15, 0.2) is 0 Å². The molecule has 0 amide bonds. The summed E-state index contributed by atoms with van der Waals surface area (Å²) < 4.78 is 5.94. The van der Waals surface area contributed by atoms with Gasteiger partial charge in [0.05, 0.1) is 5.56 Å². The van der Waals surface area contributed by atoms with Crippen LogP contribution >= 0.6 is 0 Å². The van der Waals surface area contributed by atoms with E-state index in [4.69, 9.17) is 4.74 Å². The van der Waals surface area contributed by atoms with E-state index in [-0.39, 0.29) is 29.3 Å². The van der Waals surface area contributed by atoms with E-state index in [1.54, 1.807) is 0 Å². The van der Waals surface area contributed by atoms with Crippen molar-refractivity contribution in [2.24, 2.45) is 11.8 Å². The van der Waals surface area contributed by atoms with Crippen molar-refractivity contribution >= 4 is 11.8 Å². The molecular formula is C22H26O3. The largest absolute Gasteiger partial charge is 0.455 e. The number of carbonyl (C=O) groups excluding carboxylic acids is 2. The van der Waals surface area contributed by atoms with Crippen molar-refractivity contribution in [3.05, 3.63) is 47.5 Å². The lowest BCUT2D eigenvalue weighted by Crippen LogP contribution is -2.36. The molecule has 132 valence electrons. The third-order valence-corrected chi connectivity index (χ3v) is 6.48. The zero-order valence-electron chi connectivity index (χ0n) is 14.9. The van der Waals surface area contributed by atoms with Crippen LogP contribution in [0.4, 0.5) is 0 Å². The zero-order chi connectivity index (χ0) is 17.4. The first-order valence-electron chi connectivity index (χ1n) is 9.67. The summed E-state index contributed by atoms with van der Waals surface area (Å²) in [6.07, 6.45) is 11.4. The minimum Gasteiger partial charge on any atom is -0.455 e. The molecule has 1 aromatic rings. The van der Waals surface area contributed by atoms with Crippen LogP contribution in [0.1, 0.15) is 73.7 Å². The second-order valence-electron chi connectivity index (χ2n) is 7.87. The summed E-state index contributed by atoms with van der Waals surface area (Å²) in [4.78, 5) is 24.7. The molecule has 3 atom stereocenters. The van der Waals surface area contributed by atoms with Crippen LogP contribution < -0.4 is 0 Å². The van der Waals surface area contributed by atoms with Crippen molar-refractivity contribution < 1.29 is 14.3 Å². The van der Waals surface area contributed by atoms with Crippen LogP contribution in [0.25, 0.3) is 0 Å². The topological polar surface area (TPSA) is 43.4 Å². The van der Waals surface area contributed by atoms with Crippen LogP contribution in [-0.4, -0.2) is 17.4 Å². The molecule has 4 rings (SSSR count). The van der Waals surface area contributed by atoms with E-state index < -0.39 is 0 Å². The second-order valence-corrected chi connectivity index (χ2v) is 7.87. The number of Topliss-reactive ketones (excluding diaryl/α,β-unsaturated/α-hetero) is 1. The van der Waals surface area contributed by atoms with Crippen molar-refractivity contribution in [2.75, 3.05) is 0 Å². The fourth-order valence-electron chi connectivity index (χ4n) is 4.83. The SMILES string of the molecule is CCC1(OC(=O)c2ccc(C3CC4C=CC3C4=O)cc2)CCCCC1. The Morgan fingerprint density at radius 1 is 1.12 bits per heavy atom. The highest BCUT2D eigenvalue weighted by Crippen LogP contribution is 2.46. The van der Waals surface area contributed by atoms with E-state index in [2.05, 4.69) is 13.0 Å². The number of ether oxygens (including phenoxy) is 1. The molecule has 3 heteroatoms. The number of hydrogen-bond donors (Lipinski definition) is 0. The Morgan fingerprint density at radius 2 is 1.84 bits per heavy atom. The van der Waals surface area contributed by atoms with Gasteiger partial charge >= 0.3 is 5.97 Å². The third-order valence-electron chi connectivity index (χ3n) is 6.48. The zero-order valence-corrected chi connectivity index (χ0v) is 14.9. The Balaban J connectivity index is 1.46. The number of ketones is 1. The Kier molecular flexibility index (Phi) is 4.26. The quantitative estimate of drug-likeness (QED) is 0.584. The van der Waals surface area contributed by atoms with Crippen LogP contribution in [-0.2, 0) is 9.53 Å². The molecule has 3 aliphatic carbocycles. The lowest BCUT2D eigenvalue weighted by molar-refractivity contribution is -0.120. The number of hydrogen-bond acceptors (Lipinski definition) is 3. The maximum absolute atomic E-state index is 12.6. The summed E-state index contributed by atoms with van der Waals surface area (Å²) in [5.74, 6) is 0.562. The maximum atomic E-state index is 12.6. The van der Waals surface area contributed by atoms with Gasteiger partial charge in [-0.15, -0.1) is 0 Å². The predicted molar refractivity (Wildman–Crippen MR) is 96.4 cm³/mol. The van der Waals surface area contributed by atoms with E-state index in [0.29, 0.717) is 11.3 Å². The van der Waals surface area contributed by atoms with E-state index in [9.17, 15) is 9.59 Å². The van der Waals surface area contributed by atoms with Gasteiger partial charge < -0.3 is 4.74 Å². The second kappa shape index (κ2) is 6.44. The molecule has 3 unspecified atom stereocenters. The number of carbonyl (C=O) groups is 2. The van der Waals surface area contributed by atoms with Crippen molar-refractivity contribution in [3.63, 3.8) is 0 Å². The minimum absolute atomic E-state index is 0.0356. The van der Waals surface area contributed by atoms with Crippen LogP contribution in [0.15, 0.2) is 36.4 Å². The molecule has 3 nitrogen and oxygen atoms in total. The Labute approximate surface area is 149 Å². The van der Waals surface area contributed by atoms with Crippen LogP contribution in [0.5, 0.6) is 0 Å². The van der Waals surface area contributed by atoms with Crippen molar-refractivity contribution in [1.29, 1.82) is 0 Å². The highest BCUT2D eigenvalue weighted by atomic mass is 16.6. The van der Waals surface area contributed by atoms with Gasteiger partial charge in [0, 0.05) is 11.8 Å². The fourth-order valence-corrected chi connectivity index (χ4v) is 4.83. The van der Waals surface area contributed by atoms with Gasteiger partial charge in [-0.1, -0.05) is 37.6 Å². The van der Waals surface area contributed by atoms with Gasteiger partial charge in [-0.05, 0) is 62.1 Å². The summed E-state index contributed by atoms with van der Waals surface area (Å²) in [5.41, 5.74) is 1.51. The van der Waals surface area contributed by atoms with Gasteiger partial charge in [-0.25, -0.2) is 4.79 Å².